The number of carbonyl (C=O) groups excluding carboxylic acids is 3. The predicted molar refractivity (Wildman–Crippen MR) is 153 cm³/mol. The Morgan fingerprint density at radius 3 is 2.46 bits per heavy atom. The van der Waals surface area contributed by atoms with Gasteiger partial charge >= 0.3 is 12.0 Å². The molecule has 4 amide bonds. The highest BCUT2D eigenvalue weighted by Gasteiger charge is 2.35. The molecule has 212 valence electrons. The molecule has 3 aromatic rings. The van der Waals surface area contributed by atoms with Crippen LogP contribution in [0.15, 0.2) is 66.4 Å². The van der Waals surface area contributed by atoms with Crippen molar-refractivity contribution >= 4 is 47.2 Å². The molecule has 0 radical (unpaired) electrons. The van der Waals surface area contributed by atoms with E-state index in [2.05, 4.69) is 10.6 Å². The third-order valence-corrected chi connectivity index (χ3v) is 6.44. The first-order valence-electron chi connectivity index (χ1n) is 12.8. The lowest BCUT2D eigenvalue weighted by Crippen LogP contribution is -2.38. The van der Waals surface area contributed by atoms with Gasteiger partial charge in [-0.2, -0.15) is 0 Å². The highest BCUT2D eigenvalue weighted by molar-refractivity contribution is 6.32. The minimum atomic E-state index is -1.02. The van der Waals surface area contributed by atoms with Crippen molar-refractivity contribution in [3.63, 3.8) is 0 Å². The van der Waals surface area contributed by atoms with Gasteiger partial charge in [-0.1, -0.05) is 48.9 Å². The van der Waals surface area contributed by atoms with Crippen LogP contribution in [0.4, 0.5) is 10.5 Å². The number of amides is 4. The van der Waals surface area contributed by atoms with Crippen LogP contribution in [0.1, 0.15) is 40.9 Å². The number of imide groups is 1. The summed E-state index contributed by atoms with van der Waals surface area (Å²) in [6.45, 7) is 3.71. The average Bonchev–Trinajstić information content (AvgIpc) is 3.20. The molecule has 0 unspecified atom stereocenters. The molecule has 4 rings (SSSR count). The maximum atomic E-state index is 13.0. The summed E-state index contributed by atoms with van der Waals surface area (Å²) in [7, 11) is 0. The predicted octanol–water partition coefficient (Wildman–Crippen LogP) is 5.11. The Morgan fingerprint density at radius 1 is 1.05 bits per heavy atom. The van der Waals surface area contributed by atoms with Crippen LogP contribution < -0.4 is 20.1 Å². The van der Waals surface area contributed by atoms with E-state index in [1.54, 1.807) is 43.3 Å². The summed E-state index contributed by atoms with van der Waals surface area (Å²) in [5, 5.41) is 14.5. The topological polar surface area (TPSA) is 134 Å². The molecule has 1 heterocycles. The Bertz CT molecular complexity index is 1520. The summed E-state index contributed by atoms with van der Waals surface area (Å²) in [4.78, 5) is 50.0. The molecule has 1 fully saturated rings. The first-order chi connectivity index (χ1) is 19.7. The van der Waals surface area contributed by atoms with E-state index in [1.165, 1.54) is 18.2 Å². The Hall–Kier alpha value is -4.83. The van der Waals surface area contributed by atoms with Crippen LogP contribution in [0.3, 0.4) is 0 Å². The van der Waals surface area contributed by atoms with Gasteiger partial charge in [0.2, 0.25) is 5.91 Å². The number of nitrogens with one attached hydrogen (secondary N) is 2. The number of aromatic carboxylic acids is 1. The second kappa shape index (κ2) is 13.0. The third-order valence-electron chi connectivity index (χ3n) is 6.16. The van der Waals surface area contributed by atoms with E-state index >= 15 is 0 Å². The lowest BCUT2D eigenvalue weighted by atomic mass is 10.1. The fourth-order valence-corrected chi connectivity index (χ4v) is 4.41. The standard InChI is InChI=1S/C30H28ClN3O7/c1-3-20-7-5-6-8-23(20)32-26(35)16-34-28(36)24(33-30(34)39)14-19-13-22(31)27(25(15-19)40-4-2)41-17-18-9-11-21(12-10-18)29(37)38/h5-15H,3-4,16-17H2,1-2H3,(H,32,35)(H,33,39)(H,37,38)/b24-14+. The quantitative estimate of drug-likeness (QED) is 0.213. The first kappa shape index (κ1) is 29.2. The number of aryl methyl sites for hydroxylation is 1. The van der Waals surface area contributed by atoms with Gasteiger partial charge < -0.3 is 25.2 Å². The number of benzene rings is 3. The van der Waals surface area contributed by atoms with Crippen LogP contribution in [0.5, 0.6) is 11.5 Å². The molecular weight excluding hydrogens is 550 g/mol. The van der Waals surface area contributed by atoms with E-state index in [0.717, 1.165) is 16.0 Å². The second-order valence-electron chi connectivity index (χ2n) is 8.99. The Labute approximate surface area is 241 Å². The monoisotopic (exact) mass is 577 g/mol. The van der Waals surface area contributed by atoms with Gasteiger partial charge in [-0.15, -0.1) is 0 Å². The van der Waals surface area contributed by atoms with Gasteiger partial charge in [0.1, 0.15) is 18.8 Å². The number of nitrogens with zero attached hydrogens (tertiary/aromatic N) is 1. The average molecular weight is 578 g/mol. The SMILES string of the molecule is CCOc1cc(/C=C2/NC(=O)N(CC(=O)Nc3ccccc3CC)C2=O)cc(Cl)c1OCc1ccc(C(=O)O)cc1. The summed E-state index contributed by atoms with van der Waals surface area (Å²) in [6, 6.07) is 16.0. The molecule has 3 N–H and O–H groups in total. The Balaban J connectivity index is 1.48. The maximum Gasteiger partial charge on any atom is 0.335 e. The number of hydrogen-bond donors (Lipinski definition) is 3. The van der Waals surface area contributed by atoms with Crippen molar-refractivity contribution in [2.45, 2.75) is 26.9 Å². The van der Waals surface area contributed by atoms with Crippen molar-refractivity contribution in [3.05, 3.63) is 93.6 Å². The summed E-state index contributed by atoms with van der Waals surface area (Å²) in [5.41, 5.74) is 2.88. The minimum absolute atomic E-state index is 0.0255. The van der Waals surface area contributed by atoms with E-state index in [9.17, 15) is 19.2 Å². The molecule has 0 saturated carbocycles. The number of carboxylic acid groups (broad SMARTS) is 1. The third kappa shape index (κ3) is 7.03. The fraction of sp³-hybridized carbons (Fsp3) is 0.200. The van der Waals surface area contributed by atoms with E-state index in [0.29, 0.717) is 30.0 Å². The Morgan fingerprint density at radius 2 is 1.78 bits per heavy atom. The van der Waals surface area contributed by atoms with Crippen LogP contribution >= 0.6 is 11.6 Å². The molecule has 0 spiro atoms. The van der Waals surface area contributed by atoms with E-state index in [1.807, 2.05) is 19.1 Å². The van der Waals surface area contributed by atoms with Crippen LogP contribution in [0, 0.1) is 0 Å². The molecule has 0 bridgehead atoms. The van der Waals surface area contributed by atoms with Gasteiger partial charge in [-0.05, 0) is 66.4 Å². The number of halogens is 1. The van der Waals surface area contributed by atoms with Gasteiger partial charge in [-0.25, -0.2) is 14.5 Å². The molecule has 0 atom stereocenters. The van der Waals surface area contributed by atoms with Crippen molar-refractivity contribution < 1.29 is 33.8 Å². The van der Waals surface area contributed by atoms with E-state index < -0.39 is 30.4 Å². The lowest BCUT2D eigenvalue weighted by molar-refractivity contribution is -0.127. The molecule has 1 aliphatic heterocycles. The van der Waals surface area contributed by atoms with Gasteiger partial charge in [0.25, 0.3) is 5.91 Å². The van der Waals surface area contributed by atoms with Crippen LogP contribution in [-0.2, 0) is 22.6 Å². The molecule has 11 heteroatoms. The van der Waals surface area contributed by atoms with Crippen molar-refractivity contribution in [1.29, 1.82) is 0 Å². The highest BCUT2D eigenvalue weighted by atomic mass is 35.5. The summed E-state index contributed by atoms with van der Waals surface area (Å²) >= 11 is 6.51. The molecule has 0 aromatic heterocycles. The summed E-state index contributed by atoms with van der Waals surface area (Å²) < 4.78 is 11.6. The maximum absolute atomic E-state index is 13.0. The van der Waals surface area contributed by atoms with Crippen molar-refractivity contribution in [2.24, 2.45) is 0 Å². The lowest BCUT2D eigenvalue weighted by Gasteiger charge is -2.15. The van der Waals surface area contributed by atoms with Crippen molar-refractivity contribution in [2.75, 3.05) is 18.5 Å². The second-order valence-corrected chi connectivity index (χ2v) is 9.40. The van der Waals surface area contributed by atoms with Crippen LogP contribution in [-0.4, -0.2) is 47.0 Å². The molecule has 0 aliphatic carbocycles. The number of ether oxygens (including phenoxy) is 2. The number of anilines is 1. The largest absolute Gasteiger partial charge is 0.490 e. The van der Waals surface area contributed by atoms with E-state index in [4.69, 9.17) is 26.2 Å². The molecule has 41 heavy (non-hydrogen) atoms. The molecule has 1 aliphatic rings. The first-order valence-corrected chi connectivity index (χ1v) is 13.2. The molecule has 1 saturated heterocycles. The van der Waals surface area contributed by atoms with E-state index in [-0.39, 0.29) is 28.6 Å². The number of rotatable bonds is 11. The zero-order valence-corrected chi connectivity index (χ0v) is 23.2. The normalized spacial score (nSPS) is 13.7. The number of urea groups is 1. The molecule has 10 nitrogen and oxygen atoms in total. The number of para-hydroxylation sites is 1. The molecular formula is C30H28ClN3O7. The van der Waals surface area contributed by atoms with Gasteiger partial charge in [0, 0.05) is 5.69 Å². The minimum Gasteiger partial charge on any atom is -0.490 e. The van der Waals surface area contributed by atoms with Gasteiger partial charge in [0.05, 0.1) is 17.2 Å². The van der Waals surface area contributed by atoms with Crippen LogP contribution in [0.2, 0.25) is 5.02 Å². The zero-order valence-electron chi connectivity index (χ0n) is 22.4. The smallest absolute Gasteiger partial charge is 0.335 e. The van der Waals surface area contributed by atoms with Gasteiger partial charge in [0.15, 0.2) is 11.5 Å². The number of carboxylic acids is 1. The summed E-state index contributed by atoms with van der Waals surface area (Å²) in [5.74, 6) is -1.60. The molecule has 3 aromatic carbocycles. The zero-order chi connectivity index (χ0) is 29.5. The Kier molecular flexibility index (Phi) is 9.26. The van der Waals surface area contributed by atoms with Crippen molar-refractivity contribution in [1.82, 2.24) is 10.2 Å². The van der Waals surface area contributed by atoms with Crippen LogP contribution in [0.25, 0.3) is 6.08 Å². The highest BCUT2D eigenvalue weighted by Crippen LogP contribution is 2.38. The van der Waals surface area contributed by atoms with Gasteiger partial charge in [-0.3, -0.25) is 9.59 Å². The fourth-order valence-electron chi connectivity index (χ4n) is 4.14. The number of hydrogen-bond acceptors (Lipinski definition) is 6. The number of carbonyl (C=O) groups is 4. The summed E-state index contributed by atoms with van der Waals surface area (Å²) in [6.07, 6.45) is 2.15. The van der Waals surface area contributed by atoms with Crippen molar-refractivity contribution in [3.8, 4) is 11.5 Å².